The lowest BCUT2D eigenvalue weighted by Crippen LogP contribution is -2.20. The van der Waals surface area contributed by atoms with Gasteiger partial charge in [-0.15, -0.1) is 0 Å². The first-order valence-corrected chi connectivity index (χ1v) is 22.9. The molecule has 0 spiro atoms. The predicted octanol–water partition coefficient (Wildman–Crippen LogP) is 17.0. The number of hydrogen-bond acceptors (Lipinski definition) is 1. The molecule has 0 N–H and O–H groups in total. The number of aromatic nitrogens is 2. The number of para-hydroxylation sites is 3. The Bertz CT molecular complexity index is 3800. The van der Waals surface area contributed by atoms with Gasteiger partial charge in [-0.05, 0) is 123 Å². The van der Waals surface area contributed by atoms with E-state index in [9.17, 15) is 0 Å². The summed E-state index contributed by atoms with van der Waals surface area (Å²) in [6.07, 6.45) is 0. The number of nitrogens with zero attached hydrogens (tertiary/aromatic N) is 3. The Hall–Kier alpha value is -8.40. The van der Waals surface area contributed by atoms with Crippen molar-refractivity contribution in [2.75, 3.05) is 4.90 Å². The molecule has 3 nitrogen and oxygen atoms in total. The monoisotopic (exact) mass is 843 g/mol. The van der Waals surface area contributed by atoms with Crippen molar-refractivity contribution in [2.24, 2.45) is 0 Å². The van der Waals surface area contributed by atoms with Gasteiger partial charge in [0.1, 0.15) is 0 Å². The molecule has 0 amide bonds. The predicted molar refractivity (Wildman–Crippen MR) is 278 cm³/mol. The van der Waals surface area contributed by atoms with Crippen molar-refractivity contribution in [3.63, 3.8) is 0 Å². The van der Waals surface area contributed by atoms with Crippen molar-refractivity contribution < 1.29 is 0 Å². The standard InChI is InChI=1S/C63H45N3/c1-63(2)55-28-14-12-24-50(55)52-27-17-31-58(62(52)63)64(47-36-32-43(33-37-47)42-18-6-3-7-19-42)48-38-34-44(35-39-48)49-26-16-30-57-61(49)54-40-53-51-25-13-15-29-56(51)65(45-20-8-4-9-21-45)59(53)41-60(54)66(57)46-22-10-5-11-23-46/h3-41H,1-2H3. The molecule has 0 bridgehead atoms. The van der Waals surface area contributed by atoms with E-state index in [2.05, 4.69) is 264 Å². The van der Waals surface area contributed by atoms with Gasteiger partial charge in [-0.25, -0.2) is 0 Å². The summed E-state index contributed by atoms with van der Waals surface area (Å²) in [6, 6.07) is 86.8. The van der Waals surface area contributed by atoms with E-state index in [0.717, 1.165) is 22.7 Å². The van der Waals surface area contributed by atoms with Gasteiger partial charge in [-0.1, -0.05) is 172 Å². The van der Waals surface area contributed by atoms with Gasteiger partial charge in [0.05, 0.1) is 27.8 Å². The lowest BCUT2D eigenvalue weighted by molar-refractivity contribution is 0.661. The molecule has 2 aromatic heterocycles. The van der Waals surface area contributed by atoms with Crippen LogP contribution in [-0.2, 0) is 5.41 Å². The minimum Gasteiger partial charge on any atom is -0.310 e. The molecule has 0 unspecified atom stereocenters. The summed E-state index contributed by atoms with van der Waals surface area (Å²) in [6.45, 7) is 4.75. The van der Waals surface area contributed by atoms with E-state index in [1.165, 1.54) is 93.8 Å². The summed E-state index contributed by atoms with van der Waals surface area (Å²) >= 11 is 0. The highest BCUT2D eigenvalue weighted by Crippen LogP contribution is 2.54. The molecule has 0 saturated heterocycles. The molecule has 312 valence electrons. The van der Waals surface area contributed by atoms with E-state index in [4.69, 9.17) is 0 Å². The third-order valence-electron chi connectivity index (χ3n) is 14.1. The smallest absolute Gasteiger partial charge is 0.0562 e. The van der Waals surface area contributed by atoms with Crippen LogP contribution in [0.25, 0.3) is 88.4 Å². The van der Waals surface area contributed by atoms with E-state index >= 15 is 0 Å². The Morgan fingerprint density at radius 1 is 0.348 bits per heavy atom. The van der Waals surface area contributed by atoms with E-state index in [1.807, 2.05) is 0 Å². The molecule has 0 atom stereocenters. The highest BCUT2D eigenvalue weighted by atomic mass is 15.1. The minimum atomic E-state index is -0.188. The van der Waals surface area contributed by atoms with Gasteiger partial charge in [0.25, 0.3) is 0 Å². The van der Waals surface area contributed by atoms with Gasteiger partial charge >= 0.3 is 0 Å². The van der Waals surface area contributed by atoms with Crippen LogP contribution in [0.15, 0.2) is 237 Å². The summed E-state index contributed by atoms with van der Waals surface area (Å²) in [5, 5.41) is 4.97. The fraction of sp³-hybridized carbons (Fsp3) is 0.0476. The zero-order chi connectivity index (χ0) is 43.9. The molecule has 10 aromatic carbocycles. The van der Waals surface area contributed by atoms with Crippen molar-refractivity contribution >= 4 is 60.7 Å². The average molecular weight is 844 g/mol. The van der Waals surface area contributed by atoms with Gasteiger partial charge in [-0.2, -0.15) is 0 Å². The minimum absolute atomic E-state index is 0.188. The molecule has 3 heteroatoms. The average Bonchev–Trinajstić information content (AvgIpc) is 3.97. The van der Waals surface area contributed by atoms with Gasteiger partial charge in [0.2, 0.25) is 0 Å². The van der Waals surface area contributed by atoms with Crippen LogP contribution in [0, 0.1) is 0 Å². The van der Waals surface area contributed by atoms with Gasteiger partial charge in [0.15, 0.2) is 0 Å². The first-order valence-electron chi connectivity index (χ1n) is 22.9. The molecule has 2 heterocycles. The summed E-state index contributed by atoms with van der Waals surface area (Å²) in [5.41, 5.74) is 20.4. The van der Waals surface area contributed by atoms with Crippen LogP contribution in [-0.4, -0.2) is 9.13 Å². The van der Waals surface area contributed by atoms with Crippen LogP contribution in [0.2, 0.25) is 0 Å². The van der Waals surface area contributed by atoms with Gasteiger partial charge in [-0.3, -0.25) is 0 Å². The lowest BCUT2D eigenvalue weighted by atomic mass is 9.81. The molecule has 0 aliphatic heterocycles. The van der Waals surface area contributed by atoms with Crippen molar-refractivity contribution in [2.45, 2.75) is 19.3 Å². The van der Waals surface area contributed by atoms with Crippen molar-refractivity contribution in [3.05, 3.63) is 248 Å². The largest absolute Gasteiger partial charge is 0.310 e. The normalized spacial score (nSPS) is 12.8. The quantitative estimate of drug-likeness (QED) is 0.156. The number of anilines is 3. The highest BCUT2D eigenvalue weighted by Gasteiger charge is 2.38. The second kappa shape index (κ2) is 14.8. The Labute approximate surface area is 384 Å². The Kier molecular flexibility index (Phi) is 8.56. The van der Waals surface area contributed by atoms with Crippen molar-refractivity contribution in [3.8, 4) is 44.8 Å². The van der Waals surface area contributed by atoms with Crippen LogP contribution in [0.3, 0.4) is 0 Å². The van der Waals surface area contributed by atoms with Crippen LogP contribution < -0.4 is 4.90 Å². The molecule has 13 rings (SSSR count). The molecular formula is C63H45N3. The maximum atomic E-state index is 2.46. The number of fused-ring (bicyclic) bond motifs is 9. The van der Waals surface area contributed by atoms with Crippen LogP contribution in [0.1, 0.15) is 25.0 Å². The van der Waals surface area contributed by atoms with E-state index in [0.29, 0.717) is 0 Å². The molecular weight excluding hydrogens is 799 g/mol. The van der Waals surface area contributed by atoms with E-state index < -0.39 is 0 Å². The van der Waals surface area contributed by atoms with Crippen molar-refractivity contribution in [1.29, 1.82) is 0 Å². The maximum absolute atomic E-state index is 2.46. The lowest BCUT2D eigenvalue weighted by Gasteiger charge is -2.32. The zero-order valence-corrected chi connectivity index (χ0v) is 36.9. The Morgan fingerprint density at radius 2 is 0.864 bits per heavy atom. The maximum Gasteiger partial charge on any atom is 0.0562 e. The molecule has 12 aromatic rings. The van der Waals surface area contributed by atoms with Gasteiger partial charge in [0, 0.05) is 49.7 Å². The molecule has 0 saturated carbocycles. The summed E-state index contributed by atoms with van der Waals surface area (Å²) in [5.74, 6) is 0. The Balaban J connectivity index is 1.01. The van der Waals surface area contributed by atoms with Crippen LogP contribution in [0.5, 0.6) is 0 Å². The van der Waals surface area contributed by atoms with Crippen LogP contribution >= 0.6 is 0 Å². The zero-order valence-electron chi connectivity index (χ0n) is 36.9. The third kappa shape index (κ3) is 5.76. The van der Waals surface area contributed by atoms with E-state index in [1.54, 1.807) is 0 Å². The molecule has 1 aliphatic carbocycles. The molecule has 1 aliphatic rings. The fourth-order valence-electron chi connectivity index (χ4n) is 11.1. The first-order chi connectivity index (χ1) is 32.5. The third-order valence-corrected chi connectivity index (χ3v) is 14.1. The van der Waals surface area contributed by atoms with Crippen LogP contribution in [0.4, 0.5) is 17.1 Å². The van der Waals surface area contributed by atoms with Crippen molar-refractivity contribution in [1.82, 2.24) is 9.13 Å². The second-order valence-corrected chi connectivity index (χ2v) is 18.1. The summed E-state index contributed by atoms with van der Waals surface area (Å²) < 4.78 is 4.87. The number of hydrogen-bond donors (Lipinski definition) is 0. The molecule has 0 radical (unpaired) electrons. The van der Waals surface area contributed by atoms with E-state index in [-0.39, 0.29) is 5.41 Å². The topological polar surface area (TPSA) is 13.1 Å². The SMILES string of the molecule is CC1(C)c2ccccc2-c2cccc(N(c3ccc(-c4ccccc4)cc3)c3ccc(-c4cccc5c4c4cc6c7ccccc7n(-c7ccccc7)c6cc4n5-c4ccccc4)cc3)c21. The first kappa shape index (κ1) is 38.1. The molecule has 66 heavy (non-hydrogen) atoms. The fourth-order valence-corrected chi connectivity index (χ4v) is 11.1. The highest BCUT2D eigenvalue weighted by molar-refractivity contribution is 6.22. The Morgan fingerprint density at radius 3 is 1.58 bits per heavy atom. The van der Waals surface area contributed by atoms with Gasteiger partial charge < -0.3 is 14.0 Å². The second-order valence-electron chi connectivity index (χ2n) is 18.1. The molecule has 0 fully saturated rings. The summed E-state index contributed by atoms with van der Waals surface area (Å²) in [7, 11) is 0. The summed E-state index contributed by atoms with van der Waals surface area (Å²) in [4.78, 5) is 2.46. The number of rotatable bonds is 7. The number of benzene rings is 10.